The Morgan fingerprint density at radius 3 is 2.19 bits per heavy atom. The number of piperazine rings is 1. The SMILES string of the molecule is Cc1ccc(S(=O)(=O)N2CCC(C(=O)N3CCN(CC(=O)NC4CC4)CC3)CC2)cc1C. The predicted octanol–water partition coefficient (Wildman–Crippen LogP) is 1.13. The van der Waals surface area contributed by atoms with Gasteiger partial charge < -0.3 is 10.2 Å². The van der Waals surface area contributed by atoms with Gasteiger partial charge in [-0.3, -0.25) is 14.5 Å². The Kier molecular flexibility index (Phi) is 6.88. The number of hydrogen-bond acceptors (Lipinski definition) is 5. The monoisotopic (exact) mass is 462 g/mol. The van der Waals surface area contributed by atoms with E-state index in [1.54, 1.807) is 12.1 Å². The van der Waals surface area contributed by atoms with Crippen LogP contribution in [0.1, 0.15) is 36.8 Å². The second kappa shape index (κ2) is 9.49. The minimum atomic E-state index is -3.53. The van der Waals surface area contributed by atoms with Gasteiger partial charge in [-0.1, -0.05) is 6.07 Å². The lowest BCUT2D eigenvalue weighted by Crippen LogP contribution is -2.53. The van der Waals surface area contributed by atoms with E-state index in [1.165, 1.54) is 4.31 Å². The van der Waals surface area contributed by atoms with Crippen LogP contribution in [0.3, 0.4) is 0 Å². The molecule has 0 radical (unpaired) electrons. The van der Waals surface area contributed by atoms with Crippen molar-refractivity contribution in [2.75, 3.05) is 45.8 Å². The van der Waals surface area contributed by atoms with Crippen molar-refractivity contribution in [2.24, 2.45) is 5.92 Å². The van der Waals surface area contributed by atoms with Gasteiger partial charge in [0.25, 0.3) is 0 Å². The molecule has 1 saturated carbocycles. The van der Waals surface area contributed by atoms with E-state index >= 15 is 0 Å². The lowest BCUT2D eigenvalue weighted by Gasteiger charge is -2.38. The maximum Gasteiger partial charge on any atom is 0.243 e. The van der Waals surface area contributed by atoms with Crippen LogP contribution in [0.25, 0.3) is 0 Å². The minimum Gasteiger partial charge on any atom is -0.352 e. The number of amides is 2. The number of benzene rings is 1. The third-order valence-electron chi connectivity index (χ3n) is 6.91. The zero-order valence-electron chi connectivity index (χ0n) is 19.0. The summed E-state index contributed by atoms with van der Waals surface area (Å²) in [5, 5.41) is 3.01. The van der Waals surface area contributed by atoms with Crippen LogP contribution in [0.2, 0.25) is 0 Å². The smallest absolute Gasteiger partial charge is 0.243 e. The van der Waals surface area contributed by atoms with Gasteiger partial charge in [-0.2, -0.15) is 4.31 Å². The molecule has 0 unspecified atom stereocenters. The summed E-state index contributed by atoms with van der Waals surface area (Å²) >= 11 is 0. The highest BCUT2D eigenvalue weighted by Gasteiger charge is 2.35. The zero-order chi connectivity index (χ0) is 22.9. The molecule has 2 aliphatic heterocycles. The summed E-state index contributed by atoms with van der Waals surface area (Å²) < 4.78 is 27.5. The fourth-order valence-corrected chi connectivity index (χ4v) is 6.01. The van der Waals surface area contributed by atoms with Crippen LogP contribution in [-0.4, -0.2) is 86.2 Å². The molecule has 2 heterocycles. The van der Waals surface area contributed by atoms with Crippen molar-refractivity contribution < 1.29 is 18.0 Å². The normalized spacial score (nSPS) is 21.5. The Morgan fingerprint density at radius 2 is 1.59 bits per heavy atom. The van der Waals surface area contributed by atoms with Crippen molar-refractivity contribution >= 4 is 21.8 Å². The molecule has 4 rings (SSSR count). The number of nitrogens with zero attached hydrogens (tertiary/aromatic N) is 3. The van der Waals surface area contributed by atoms with E-state index in [9.17, 15) is 18.0 Å². The highest BCUT2D eigenvalue weighted by molar-refractivity contribution is 7.89. The topological polar surface area (TPSA) is 90.0 Å². The van der Waals surface area contributed by atoms with Crippen molar-refractivity contribution in [3.05, 3.63) is 29.3 Å². The van der Waals surface area contributed by atoms with E-state index in [2.05, 4.69) is 10.2 Å². The molecule has 1 aliphatic carbocycles. The molecule has 1 aromatic carbocycles. The van der Waals surface area contributed by atoms with Gasteiger partial charge >= 0.3 is 0 Å². The number of piperidine rings is 1. The first kappa shape index (κ1) is 23.2. The van der Waals surface area contributed by atoms with Crippen LogP contribution in [0.15, 0.2) is 23.1 Å². The van der Waals surface area contributed by atoms with Crippen molar-refractivity contribution in [3.63, 3.8) is 0 Å². The second-order valence-corrected chi connectivity index (χ2v) is 11.3. The number of aryl methyl sites for hydroxylation is 2. The largest absolute Gasteiger partial charge is 0.352 e. The van der Waals surface area contributed by atoms with Crippen LogP contribution in [0, 0.1) is 19.8 Å². The lowest BCUT2D eigenvalue weighted by molar-refractivity contribution is -0.138. The molecule has 2 saturated heterocycles. The number of hydrogen-bond donors (Lipinski definition) is 1. The first-order chi connectivity index (χ1) is 15.2. The molecule has 3 aliphatic rings. The van der Waals surface area contributed by atoms with Gasteiger partial charge in [-0.15, -0.1) is 0 Å². The molecular weight excluding hydrogens is 428 g/mol. The first-order valence-electron chi connectivity index (χ1n) is 11.6. The maximum atomic E-state index is 13.0. The summed E-state index contributed by atoms with van der Waals surface area (Å²) in [7, 11) is -3.53. The third kappa shape index (κ3) is 5.32. The first-order valence-corrected chi connectivity index (χ1v) is 13.1. The van der Waals surface area contributed by atoms with Crippen LogP contribution >= 0.6 is 0 Å². The Morgan fingerprint density at radius 1 is 0.938 bits per heavy atom. The van der Waals surface area contributed by atoms with Crippen molar-refractivity contribution in [3.8, 4) is 0 Å². The zero-order valence-corrected chi connectivity index (χ0v) is 19.9. The van der Waals surface area contributed by atoms with Gasteiger partial charge in [0.2, 0.25) is 21.8 Å². The molecule has 1 N–H and O–H groups in total. The quantitative estimate of drug-likeness (QED) is 0.685. The average Bonchev–Trinajstić information content (AvgIpc) is 3.59. The van der Waals surface area contributed by atoms with Crippen LogP contribution in [-0.2, 0) is 19.6 Å². The van der Waals surface area contributed by atoms with E-state index in [0.29, 0.717) is 69.6 Å². The number of carbonyl (C=O) groups excluding carboxylic acids is 2. The maximum absolute atomic E-state index is 13.0. The number of nitrogens with one attached hydrogen (secondary N) is 1. The number of sulfonamides is 1. The summed E-state index contributed by atoms with van der Waals surface area (Å²) in [5.41, 5.74) is 2.03. The summed E-state index contributed by atoms with van der Waals surface area (Å²) in [6.45, 7) is 7.65. The summed E-state index contributed by atoms with van der Waals surface area (Å²) in [4.78, 5) is 29.3. The summed E-state index contributed by atoms with van der Waals surface area (Å²) in [5.74, 6) is 0.0610. The van der Waals surface area contributed by atoms with E-state index in [-0.39, 0.29) is 17.7 Å². The molecule has 0 atom stereocenters. The van der Waals surface area contributed by atoms with Gasteiger partial charge in [0.15, 0.2) is 0 Å². The van der Waals surface area contributed by atoms with Crippen LogP contribution in [0.5, 0.6) is 0 Å². The molecule has 9 heteroatoms. The number of carbonyl (C=O) groups is 2. The third-order valence-corrected chi connectivity index (χ3v) is 8.81. The lowest BCUT2D eigenvalue weighted by atomic mass is 9.96. The van der Waals surface area contributed by atoms with Crippen LogP contribution in [0.4, 0.5) is 0 Å². The van der Waals surface area contributed by atoms with E-state index in [0.717, 1.165) is 24.0 Å². The molecule has 0 aromatic heterocycles. The molecule has 176 valence electrons. The summed E-state index contributed by atoms with van der Waals surface area (Å²) in [6, 6.07) is 5.61. The number of rotatable bonds is 6. The highest BCUT2D eigenvalue weighted by atomic mass is 32.2. The summed E-state index contributed by atoms with van der Waals surface area (Å²) in [6.07, 6.45) is 3.26. The molecule has 0 spiro atoms. The minimum absolute atomic E-state index is 0.0737. The highest BCUT2D eigenvalue weighted by Crippen LogP contribution is 2.26. The fourth-order valence-electron chi connectivity index (χ4n) is 4.46. The van der Waals surface area contributed by atoms with Crippen molar-refractivity contribution in [2.45, 2.75) is 50.5 Å². The Bertz CT molecular complexity index is 960. The van der Waals surface area contributed by atoms with Gasteiger partial charge in [0, 0.05) is 51.2 Å². The molecule has 8 nitrogen and oxygen atoms in total. The standard InChI is InChI=1S/C23H34N4O4S/c1-17-3-6-21(15-18(17)2)32(30,31)27-9-7-19(8-10-27)23(29)26-13-11-25(12-14-26)16-22(28)24-20-4-5-20/h3,6,15,19-20H,4-5,7-14,16H2,1-2H3,(H,24,28). The van der Waals surface area contributed by atoms with Crippen LogP contribution < -0.4 is 5.32 Å². The second-order valence-electron chi connectivity index (χ2n) is 9.37. The Balaban J connectivity index is 1.25. The Labute approximate surface area is 191 Å². The molecule has 1 aromatic rings. The van der Waals surface area contributed by atoms with E-state index < -0.39 is 10.0 Å². The molecule has 32 heavy (non-hydrogen) atoms. The van der Waals surface area contributed by atoms with Crippen molar-refractivity contribution in [1.29, 1.82) is 0 Å². The average molecular weight is 463 g/mol. The van der Waals surface area contributed by atoms with Gasteiger partial charge in [-0.25, -0.2) is 8.42 Å². The van der Waals surface area contributed by atoms with Gasteiger partial charge in [0.1, 0.15) is 0 Å². The molecule has 0 bridgehead atoms. The molecule has 2 amide bonds. The van der Waals surface area contributed by atoms with Gasteiger partial charge in [-0.05, 0) is 62.8 Å². The Hall–Kier alpha value is -1.97. The molecular formula is C23H34N4O4S. The van der Waals surface area contributed by atoms with E-state index in [4.69, 9.17) is 0 Å². The fraction of sp³-hybridized carbons (Fsp3) is 0.652. The van der Waals surface area contributed by atoms with Gasteiger partial charge in [0.05, 0.1) is 11.4 Å². The van der Waals surface area contributed by atoms with Crippen molar-refractivity contribution in [1.82, 2.24) is 19.4 Å². The predicted molar refractivity (Wildman–Crippen MR) is 122 cm³/mol. The molecule has 3 fully saturated rings. The van der Waals surface area contributed by atoms with E-state index in [1.807, 2.05) is 24.8 Å².